The normalized spacial score (nSPS) is 10.8. The van der Waals surface area contributed by atoms with Crippen molar-refractivity contribution in [2.24, 2.45) is 0 Å². The highest BCUT2D eigenvalue weighted by Gasteiger charge is 2.07. The average molecular weight is 299 g/mol. The minimum absolute atomic E-state index is 0.0497. The molecule has 4 heteroatoms. The molecule has 3 nitrogen and oxygen atoms in total. The van der Waals surface area contributed by atoms with Gasteiger partial charge in [-0.2, -0.15) is 0 Å². The molecule has 0 fully saturated rings. The van der Waals surface area contributed by atoms with Gasteiger partial charge in [0.15, 0.2) is 0 Å². The first-order chi connectivity index (χ1) is 10.1. The third-order valence-corrected chi connectivity index (χ3v) is 3.62. The van der Waals surface area contributed by atoms with Crippen LogP contribution in [0, 0.1) is 6.92 Å². The summed E-state index contributed by atoms with van der Waals surface area (Å²) in [5.41, 5.74) is 2.98. The lowest BCUT2D eigenvalue weighted by molar-refractivity contribution is -0.116. The molecule has 0 saturated carbocycles. The van der Waals surface area contributed by atoms with Gasteiger partial charge in [-0.1, -0.05) is 29.3 Å². The van der Waals surface area contributed by atoms with Crippen molar-refractivity contribution in [3.8, 4) is 0 Å². The highest BCUT2D eigenvalue weighted by Crippen LogP contribution is 2.20. The summed E-state index contributed by atoms with van der Waals surface area (Å²) in [6.45, 7) is 2.29. The van der Waals surface area contributed by atoms with Gasteiger partial charge in [0.25, 0.3) is 0 Å². The summed E-state index contributed by atoms with van der Waals surface area (Å²) in [6.07, 6.45) is 1.90. The van der Waals surface area contributed by atoms with Crippen LogP contribution in [0.4, 0.5) is 5.69 Å². The molecule has 1 aromatic heterocycles. The van der Waals surface area contributed by atoms with Crippen LogP contribution in [-0.2, 0) is 11.3 Å². The van der Waals surface area contributed by atoms with E-state index in [-0.39, 0.29) is 12.5 Å². The lowest BCUT2D eigenvalue weighted by Gasteiger charge is -2.08. The molecule has 0 saturated heterocycles. The van der Waals surface area contributed by atoms with E-state index in [1.807, 2.05) is 66.2 Å². The highest BCUT2D eigenvalue weighted by atomic mass is 35.5. The number of halogens is 1. The highest BCUT2D eigenvalue weighted by molar-refractivity contribution is 6.31. The lowest BCUT2D eigenvalue weighted by Crippen LogP contribution is -2.18. The number of anilines is 1. The molecule has 1 heterocycles. The second-order valence-electron chi connectivity index (χ2n) is 5.06. The van der Waals surface area contributed by atoms with Gasteiger partial charge in [0.2, 0.25) is 5.91 Å². The van der Waals surface area contributed by atoms with Crippen LogP contribution in [0.5, 0.6) is 0 Å². The van der Waals surface area contributed by atoms with Crippen molar-refractivity contribution in [3.05, 3.63) is 65.3 Å². The van der Waals surface area contributed by atoms with E-state index < -0.39 is 0 Å². The molecule has 0 bridgehead atoms. The number of hydrogen-bond donors (Lipinski definition) is 1. The molecule has 2 aromatic carbocycles. The minimum atomic E-state index is -0.0497. The van der Waals surface area contributed by atoms with Crippen molar-refractivity contribution in [1.82, 2.24) is 4.57 Å². The number of hydrogen-bond acceptors (Lipinski definition) is 1. The first-order valence-corrected chi connectivity index (χ1v) is 7.10. The molecule has 0 spiro atoms. The van der Waals surface area contributed by atoms with Gasteiger partial charge in [-0.25, -0.2) is 0 Å². The molecule has 0 atom stereocenters. The van der Waals surface area contributed by atoms with E-state index in [9.17, 15) is 4.79 Å². The zero-order chi connectivity index (χ0) is 14.8. The van der Waals surface area contributed by atoms with Gasteiger partial charge in [-0.05, 0) is 43.3 Å². The van der Waals surface area contributed by atoms with Gasteiger partial charge < -0.3 is 9.88 Å². The minimum Gasteiger partial charge on any atom is -0.338 e. The molecular formula is C17H15ClN2O. The van der Waals surface area contributed by atoms with Crippen LogP contribution in [0.25, 0.3) is 10.9 Å². The zero-order valence-electron chi connectivity index (χ0n) is 11.6. The van der Waals surface area contributed by atoms with Crippen LogP contribution in [0.1, 0.15) is 5.56 Å². The maximum atomic E-state index is 12.1. The van der Waals surface area contributed by atoms with E-state index in [2.05, 4.69) is 5.32 Å². The molecule has 0 aliphatic heterocycles. The van der Waals surface area contributed by atoms with Crippen molar-refractivity contribution in [3.63, 3.8) is 0 Å². The molecule has 0 unspecified atom stereocenters. The van der Waals surface area contributed by atoms with Gasteiger partial charge in [-0.15, -0.1) is 0 Å². The lowest BCUT2D eigenvalue weighted by atomic mass is 10.2. The third-order valence-electron chi connectivity index (χ3n) is 3.38. The van der Waals surface area contributed by atoms with E-state index in [0.717, 1.165) is 16.6 Å². The van der Waals surface area contributed by atoms with E-state index in [0.29, 0.717) is 5.02 Å². The predicted octanol–water partition coefficient (Wildman–Crippen LogP) is 4.24. The van der Waals surface area contributed by atoms with Gasteiger partial charge in [0, 0.05) is 27.8 Å². The number of rotatable bonds is 3. The molecule has 1 amide bonds. The summed E-state index contributed by atoms with van der Waals surface area (Å²) in [4.78, 5) is 12.1. The molecule has 3 rings (SSSR count). The summed E-state index contributed by atoms with van der Waals surface area (Å²) >= 11 is 5.97. The third kappa shape index (κ3) is 3.09. The number of aromatic nitrogens is 1. The number of nitrogens with one attached hydrogen (secondary N) is 1. The van der Waals surface area contributed by atoms with Crippen LogP contribution in [0.2, 0.25) is 5.02 Å². The van der Waals surface area contributed by atoms with Crippen LogP contribution in [0.3, 0.4) is 0 Å². The van der Waals surface area contributed by atoms with E-state index in [4.69, 9.17) is 11.6 Å². The Morgan fingerprint density at radius 2 is 1.90 bits per heavy atom. The van der Waals surface area contributed by atoms with Crippen LogP contribution in [-0.4, -0.2) is 10.5 Å². The van der Waals surface area contributed by atoms with E-state index in [1.165, 1.54) is 5.56 Å². The standard InChI is InChI=1S/C17H15ClN2O/c1-12-2-5-15(6-3-12)19-17(21)11-20-9-8-13-10-14(18)4-7-16(13)20/h2-10H,11H2,1H3,(H,19,21). The first-order valence-electron chi connectivity index (χ1n) is 6.73. The van der Waals surface area contributed by atoms with Crippen LogP contribution >= 0.6 is 11.6 Å². The Kier molecular flexibility index (Phi) is 3.67. The number of carbonyl (C=O) groups is 1. The fraction of sp³-hybridized carbons (Fsp3) is 0.118. The second kappa shape index (κ2) is 5.62. The van der Waals surface area contributed by atoms with Crippen molar-refractivity contribution >= 4 is 34.1 Å². The molecule has 106 valence electrons. The van der Waals surface area contributed by atoms with E-state index >= 15 is 0 Å². The maximum Gasteiger partial charge on any atom is 0.244 e. The maximum absolute atomic E-state index is 12.1. The van der Waals surface area contributed by atoms with Crippen molar-refractivity contribution < 1.29 is 4.79 Å². The molecule has 1 N–H and O–H groups in total. The summed E-state index contributed by atoms with van der Waals surface area (Å²) in [6, 6.07) is 15.4. The molecule has 21 heavy (non-hydrogen) atoms. The average Bonchev–Trinajstić information content (AvgIpc) is 2.83. The Balaban J connectivity index is 1.75. The Hall–Kier alpha value is -2.26. The van der Waals surface area contributed by atoms with Crippen molar-refractivity contribution in [2.75, 3.05) is 5.32 Å². The number of amides is 1. The fourth-order valence-electron chi connectivity index (χ4n) is 2.30. The smallest absolute Gasteiger partial charge is 0.244 e. The quantitative estimate of drug-likeness (QED) is 0.771. The number of benzene rings is 2. The van der Waals surface area contributed by atoms with Crippen LogP contribution < -0.4 is 5.32 Å². The molecule has 0 aliphatic rings. The van der Waals surface area contributed by atoms with Crippen molar-refractivity contribution in [2.45, 2.75) is 13.5 Å². The monoisotopic (exact) mass is 298 g/mol. The van der Waals surface area contributed by atoms with Gasteiger partial charge in [-0.3, -0.25) is 4.79 Å². The molecule has 0 aliphatic carbocycles. The summed E-state index contributed by atoms with van der Waals surface area (Å²) in [7, 11) is 0. The van der Waals surface area contributed by atoms with Gasteiger partial charge >= 0.3 is 0 Å². The molecule has 0 radical (unpaired) electrons. The number of fused-ring (bicyclic) bond motifs is 1. The SMILES string of the molecule is Cc1ccc(NC(=O)Cn2ccc3cc(Cl)ccc32)cc1. The largest absolute Gasteiger partial charge is 0.338 e. The van der Waals surface area contributed by atoms with Crippen molar-refractivity contribution in [1.29, 1.82) is 0 Å². The van der Waals surface area contributed by atoms with E-state index in [1.54, 1.807) is 0 Å². The summed E-state index contributed by atoms with van der Waals surface area (Å²) < 4.78 is 1.91. The Bertz CT molecular complexity index is 790. The Labute approximate surface area is 128 Å². The summed E-state index contributed by atoms with van der Waals surface area (Å²) in [5.74, 6) is -0.0497. The molecular weight excluding hydrogens is 284 g/mol. The van der Waals surface area contributed by atoms with Crippen LogP contribution in [0.15, 0.2) is 54.7 Å². The first kappa shape index (κ1) is 13.7. The second-order valence-corrected chi connectivity index (χ2v) is 5.50. The Morgan fingerprint density at radius 3 is 2.67 bits per heavy atom. The zero-order valence-corrected chi connectivity index (χ0v) is 12.4. The number of aryl methyl sites for hydroxylation is 1. The fourth-order valence-corrected chi connectivity index (χ4v) is 2.48. The number of carbonyl (C=O) groups excluding carboxylic acids is 1. The number of nitrogens with zero attached hydrogens (tertiary/aromatic N) is 1. The van der Waals surface area contributed by atoms with Gasteiger partial charge in [0.1, 0.15) is 6.54 Å². The summed E-state index contributed by atoms with van der Waals surface area (Å²) in [5, 5.41) is 4.63. The topological polar surface area (TPSA) is 34.0 Å². The predicted molar refractivity (Wildman–Crippen MR) is 86.8 cm³/mol. The Morgan fingerprint density at radius 1 is 1.14 bits per heavy atom. The molecule has 3 aromatic rings. The van der Waals surface area contributed by atoms with Gasteiger partial charge in [0.05, 0.1) is 0 Å².